The van der Waals surface area contributed by atoms with Crippen molar-refractivity contribution < 1.29 is 36.3 Å². The van der Waals surface area contributed by atoms with E-state index in [1.54, 1.807) is 0 Å². The minimum atomic E-state index is -6.01. The Morgan fingerprint density at radius 3 is 1.45 bits per heavy atom. The van der Waals surface area contributed by atoms with Crippen LogP contribution in [0.4, 0.5) is 22.0 Å². The van der Waals surface area contributed by atoms with Crippen molar-refractivity contribution in [3.05, 3.63) is 0 Å². The molecule has 0 fully saturated rings. The van der Waals surface area contributed by atoms with Gasteiger partial charge in [-0.3, -0.25) is 0 Å². The molecule has 68 valence electrons. The Morgan fingerprint density at radius 1 is 1.00 bits per heavy atom. The van der Waals surface area contributed by atoms with Gasteiger partial charge < -0.3 is 14.3 Å². The van der Waals surface area contributed by atoms with E-state index in [0.717, 1.165) is 0 Å². The molecule has 0 rings (SSSR count). The van der Waals surface area contributed by atoms with Crippen molar-refractivity contribution in [3.63, 3.8) is 0 Å². The van der Waals surface area contributed by atoms with Gasteiger partial charge in [-0.15, -0.1) is 0 Å². The predicted octanol–water partition coefficient (Wildman–Crippen LogP) is 0.106. The fourth-order valence-electron chi connectivity index (χ4n) is 0.145. The first kappa shape index (κ1) is 11.0. The van der Waals surface area contributed by atoms with Crippen LogP contribution in [0.1, 0.15) is 0 Å². The molecule has 0 amide bonds. The Morgan fingerprint density at radius 2 is 1.36 bits per heavy atom. The van der Waals surface area contributed by atoms with Gasteiger partial charge in [0.15, 0.2) is 0 Å². The van der Waals surface area contributed by atoms with E-state index in [0.29, 0.717) is 0 Å². The van der Waals surface area contributed by atoms with E-state index < -0.39 is 20.9 Å². The first-order valence-electron chi connectivity index (χ1n) is 1.95. The molecule has 0 aliphatic rings. The van der Waals surface area contributed by atoms with Gasteiger partial charge in [0.2, 0.25) is 0 Å². The van der Waals surface area contributed by atoms with Crippen LogP contribution in [0.25, 0.3) is 0 Å². The summed E-state index contributed by atoms with van der Waals surface area (Å²) >= 11 is 0. The maximum Gasteiger partial charge on any atom is 0.483 e. The lowest BCUT2D eigenvalue weighted by Crippen LogP contribution is -2.39. The van der Waals surface area contributed by atoms with E-state index in [1.807, 2.05) is 0 Å². The van der Waals surface area contributed by atoms with Gasteiger partial charge in [-0.25, -0.2) is 0 Å². The van der Waals surface area contributed by atoms with E-state index >= 15 is 0 Å². The third kappa shape index (κ3) is 3.24. The van der Waals surface area contributed by atoms with Crippen molar-refractivity contribution in [3.8, 4) is 0 Å². The smallest absolute Gasteiger partial charge is 0.483 e. The summed E-state index contributed by atoms with van der Waals surface area (Å²) in [7, 11) is -4.22. The van der Waals surface area contributed by atoms with E-state index in [-0.39, 0.29) is 0 Å². The molecule has 0 atom stereocenters. The molecule has 0 N–H and O–H groups in total. The Balaban J connectivity index is 4.22. The molecule has 0 aromatic carbocycles. The van der Waals surface area contributed by atoms with Crippen LogP contribution in [0.15, 0.2) is 0 Å². The van der Waals surface area contributed by atoms with Crippen LogP contribution in [0.3, 0.4) is 0 Å². The molecule has 0 unspecified atom stereocenters. The number of alkyl halides is 5. The lowest BCUT2D eigenvalue weighted by atomic mass is 10.6. The van der Waals surface area contributed by atoms with Crippen LogP contribution in [0.5, 0.6) is 0 Å². The van der Waals surface area contributed by atoms with Crippen LogP contribution in [-0.2, 0) is 4.52 Å². The number of halogens is 5. The molecule has 3 nitrogen and oxygen atoms in total. The molecule has 0 radical (unpaired) electrons. The fourth-order valence-corrected chi connectivity index (χ4v) is 0.436. The van der Waals surface area contributed by atoms with Gasteiger partial charge in [0.25, 0.3) is 0 Å². The molecular formula is C2F5O3P-2. The predicted molar refractivity (Wildman–Crippen MR) is 19.0 cm³/mol. The van der Waals surface area contributed by atoms with E-state index in [2.05, 4.69) is 4.52 Å². The Kier molecular flexibility index (Phi) is 3.13. The van der Waals surface area contributed by atoms with Crippen LogP contribution in [0.2, 0.25) is 0 Å². The number of hydrogen-bond donors (Lipinski definition) is 0. The van der Waals surface area contributed by atoms with Crippen LogP contribution >= 0.6 is 8.60 Å². The number of rotatable bonds is 2. The lowest BCUT2D eigenvalue weighted by molar-refractivity contribution is -0.402. The van der Waals surface area contributed by atoms with Crippen molar-refractivity contribution in [2.24, 2.45) is 0 Å². The van der Waals surface area contributed by atoms with Gasteiger partial charge in [0.05, 0.1) is 0 Å². The molecular weight excluding hydrogens is 198 g/mol. The zero-order valence-corrected chi connectivity index (χ0v) is 5.46. The van der Waals surface area contributed by atoms with Crippen molar-refractivity contribution in [2.45, 2.75) is 12.3 Å². The Hall–Kier alpha value is -0.0400. The van der Waals surface area contributed by atoms with Crippen molar-refractivity contribution in [1.82, 2.24) is 0 Å². The fraction of sp³-hybridized carbons (Fsp3) is 1.00. The van der Waals surface area contributed by atoms with Crippen LogP contribution < -0.4 is 9.79 Å². The summed E-state index contributed by atoms with van der Waals surface area (Å²) in [6, 6.07) is 0. The summed E-state index contributed by atoms with van der Waals surface area (Å²) in [5.41, 5.74) is 0. The van der Waals surface area contributed by atoms with Gasteiger partial charge >= 0.3 is 12.3 Å². The highest BCUT2D eigenvalue weighted by Gasteiger charge is 2.59. The summed E-state index contributed by atoms with van der Waals surface area (Å²) in [6.45, 7) is 0. The quantitative estimate of drug-likeness (QED) is 0.467. The highest BCUT2D eigenvalue weighted by atomic mass is 31.2. The van der Waals surface area contributed by atoms with Crippen molar-refractivity contribution in [1.29, 1.82) is 0 Å². The maximum absolute atomic E-state index is 11.5. The second-order valence-corrected chi connectivity index (χ2v) is 1.96. The SMILES string of the molecule is [O-]P([O-])OC(F)(F)C(F)(F)F. The highest BCUT2D eigenvalue weighted by molar-refractivity contribution is 7.36. The van der Waals surface area contributed by atoms with Crippen LogP contribution in [0, 0.1) is 0 Å². The molecule has 0 aromatic rings. The molecule has 0 aliphatic carbocycles. The number of hydrogen-bond acceptors (Lipinski definition) is 3. The van der Waals surface area contributed by atoms with E-state index in [4.69, 9.17) is 0 Å². The molecule has 0 bridgehead atoms. The normalized spacial score (nSPS) is 14.2. The molecule has 11 heavy (non-hydrogen) atoms. The third-order valence-corrected chi connectivity index (χ3v) is 0.898. The molecule has 0 spiro atoms. The molecule has 0 saturated carbocycles. The van der Waals surface area contributed by atoms with Gasteiger partial charge in [-0.05, 0) is 0 Å². The minimum Gasteiger partial charge on any atom is -0.820 e. The summed E-state index contributed by atoms with van der Waals surface area (Å²) in [4.78, 5) is 18.6. The monoisotopic (exact) mass is 198 g/mol. The van der Waals surface area contributed by atoms with Crippen molar-refractivity contribution in [2.75, 3.05) is 0 Å². The maximum atomic E-state index is 11.5. The van der Waals surface area contributed by atoms with E-state index in [9.17, 15) is 31.7 Å². The van der Waals surface area contributed by atoms with Crippen molar-refractivity contribution >= 4 is 8.60 Å². The lowest BCUT2D eigenvalue weighted by Gasteiger charge is -2.33. The van der Waals surface area contributed by atoms with Crippen LogP contribution in [-0.4, -0.2) is 12.3 Å². The Bertz CT molecular complexity index is 132. The Labute approximate surface area is 58.4 Å². The zero-order valence-electron chi connectivity index (χ0n) is 4.56. The summed E-state index contributed by atoms with van der Waals surface area (Å²) < 4.78 is 58.4. The first-order valence-corrected chi connectivity index (χ1v) is 3.04. The standard InChI is InChI=1S/C2F5O3P/c3-1(4,5)2(6,7)10-11(8)9/q-2. The summed E-state index contributed by atoms with van der Waals surface area (Å²) in [6.07, 6.45) is -11.6. The zero-order chi connectivity index (χ0) is 9.28. The minimum absolute atomic E-state index is 2.30. The molecule has 0 aromatic heterocycles. The summed E-state index contributed by atoms with van der Waals surface area (Å²) in [5, 5.41) is 0. The van der Waals surface area contributed by atoms with E-state index in [1.165, 1.54) is 0 Å². The third-order valence-electron chi connectivity index (χ3n) is 0.519. The largest absolute Gasteiger partial charge is 0.820 e. The first-order chi connectivity index (χ1) is 4.67. The molecule has 0 aliphatic heterocycles. The highest BCUT2D eigenvalue weighted by Crippen LogP contribution is 2.41. The molecule has 0 heterocycles. The second kappa shape index (κ2) is 3.14. The van der Waals surface area contributed by atoms with Gasteiger partial charge in [0.1, 0.15) is 0 Å². The topological polar surface area (TPSA) is 55.3 Å². The average Bonchev–Trinajstić information content (AvgIpc) is 1.56. The average molecular weight is 198 g/mol. The second-order valence-electron chi connectivity index (χ2n) is 1.33. The molecule has 9 heteroatoms. The van der Waals surface area contributed by atoms with Gasteiger partial charge in [-0.1, -0.05) is 0 Å². The summed E-state index contributed by atoms with van der Waals surface area (Å²) in [5.74, 6) is 0. The molecule has 0 saturated heterocycles. The van der Waals surface area contributed by atoms with Gasteiger partial charge in [0, 0.05) is 0 Å². The van der Waals surface area contributed by atoms with Gasteiger partial charge in [-0.2, -0.15) is 30.6 Å².